The second-order valence-electron chi connectivity index (χ2n) is 11.6. The number of amides is 2. The lowest BCUT2D eigenvalue weighted by atomic mass is 9.88. The van der Waals surface area contributed by atoms with E-state index in [2.05, 4.69) is 20.8 Å². The lowest BCUT2D eigenvalue weighted by Gasteiger charge is -2.28. The Morgan fingerprint density at radius 3 is 2.26 bits per heavy atom. The highest BCUT2D eigenvalue weighted by Gasteiger charge is 2.48. The molecule has 9 nitrogen and oxygen atoms in total. The van der Waals surface area contributed by atoms with Gasteiger partial charge in [0.25, 0.3) is 5.91 Å². The van der Waals surface area contributed by atoms with Crippen molar-refractivity contribution in [2.45, 2.75) is 70.1 Å². The van der Waals surface area contributed by atoms with Crippen molar-refractivity contribution in [1.82, 2.24) is 24.9 Å². The van der Waals surface area contributed by atoms with Crippen LogP contribution in [-0.4, -0.2) is 42.5 Å². The highest BCUT2D eigenvalue weighted by atomic mass is 16.3. The summed E-state index contributed by atoms with van der Waals surface area (Å²) in [5.74, 6) is 0.656. The Hall–Kier alpha value is -3.46. The van der Waals surface area contributed by atoms with Gasteiger partial charge in [0.05, 0.1) is 17.5 Å². The highest BCUT2D eigenvalue weighted by molar-refractivity contribution is 6.01. The number of carbonyl (C=O) groups is 2. The van der Waals surface area contributed by atoms with E-state index in [1.165, 1.54) is 0 Å². The summed E-state index contributed by atoms with van der Waals surface area (Å²) in [6, 6.07) is 8.77. The Morgan fingerprint density at radius 2 is 1.68 bits per heavy atom. The number of hydrogen-bond donors (Lipinski definition) is 3. The topological polar surface area (TPSA) is 114 Å². The van der Waals surface area contributed by atoms with Crippen LogP contribution in [0.3, 0.4) is 0 Å². The second kappa shape index (κ2) is 9.38. The number of aromatic nitrogens is 4. The number of aliphatic hydroxyl groups is 1. The van der Waals surface area contributed by atoms with E-state index in [-0.39, 0.29) is 23.8 Å². The number of rotatable bonds is 10. The van der Waals surface area contributed by atoms with Crippen LogP contribution in [0.15, 0.2) is 42.7 Å². The second-order valence-corrected chi connectivity index (χ2v) is 11.6. The average molecular weight is 517 g/mol. The van der Waals surface area contributed by atoms with E-state index in [9.17, 15) is 14.7 Å². The molecule has 0 bridgehead atoms. The van der Waals surface area contributed by atoms with Gasteiger partial charge < -0.3 is 15.7 Å². The fourth-order valence-corrected chi connectivity index (χ4v) is 5.79. The Balaban J connectivity index is 1.22. The summed E-state index contributed by atoms with van der Waals surface area (Å²) in [5.41, 5.74) is 3.02. The van der Waals surface area contributed by atoms with Crippen LogP contribution < -0.4 is 10.6 Å². The fourth-order valence-electron chi connectivity index (χ4n) is 5.79. The van der Waals surface area contributed by atoms with E-state index in [0.29, 0.717) is 23.2 Å². The van der Waals surface area contributed by atoms with Gasteiger partial charge in [-0.2, -0.15) is 10.2 Å². The highest BCUT2D eigenvalue weighted by Crippen LogP contribution is 2.51. The van der Waals surface area contributed by atoms with E-state index >= 15 is 0 Å². The molecule has 0 spiro atoms. The third-order valence-electron chi connectivity index (χ3n) is 8.27. The lowest BCUT2D eigenvalue weighted by molar-refractivity contribution is -0.119. The van der Waals surface area contributed by atoms with Crippen molar-refractivity contribution >= 4 is 17.5 Å². The average Bonchev–Trinajstić information content (AvgIpc) is 3.85. The minimum atomic E-state index is -0.784. The van der Waals surface area contributed by atoms with Crippen molar-refractivity contribution in [3.05, 3.63) is 54.0 Å². The largest absolute Gasteiger partial charge is 0.385 e. The molecule has 9 heteroatoms. The number of nitrogens with zero attached hydrogens (tertiary/aromatic N) is 4. The fraction of sp³-hybridized carbons (Fsp3) is 0.517. The zero-order chi connectivity index (χ0) is 26.6. The SMILES string of the molecule is CC(C)n1nccc1C(=O)NC(C(=O)Nc1ccc(-c2c(C3(O)CC3)cnn2C)cc1)C(C1CC1)C1CC1. The number of aryl methyl sites for hydroxylation is 1. The molecule has 3 aliphatic rings. The Labute approximate surface area is 222 Å². The van der Waals surface area contributed by atoms with E-state index in [4.69, 9.17) is 0 Å². The van der Waals surface area contributed by atoms with Gasteiger partial charge >= 0.3 is 0 Å². The third-order valence-corrected chi connectivity index (χ3v) is 8.27. The van der Waals surface area contributed by atoms with Gasteiger partial charge in [-0.15, -0.1) is 0 Å². The summed E-state index contributed by atoms with van der Waals surface area (Å²) in [7, 11) is 1.87. The molecule has 2 aromatic heterocycles. The van der Waals surface area contributed by atoms with Crippen LogP contribution in [0.25, 0.3) is 11.3 Å². The maximum absolute atomic E-state index is 13.7. The molecule has 6 rings (SSSR count). The molecule has 0 radical (unpaired) electrons. The molecule has 1 atom stereocenters. The molecule has 200 valence electrons. The first-order chi connectivity index (χ1) is 18.2. The molecular weight excluding hydrogens is 480 g/mol. The molecule has 0 aliphatic heterocycles. The van der Waals surface area contributed by atoms with Gasteiger partial charge in [0, 0.05) is 36.1 Å². The number of hydrogen-bond acceptors (Lipinski definition) is 5. The van der Waals surface area contributed by atoms with Crippen molar-refractivity contribution < 1.29 is 14.7 Å². The molecule has 3 aliphatic carbocycles. The molecule has 1 unspecified atom stereocenters. The van der Waals surface area contributed by atoms with Gasteiger partial charge in [0.1, 0.15) is 11.7 Å². The molecule has 3 fully saturated rings. The van der Waals surface area contributed by atoms with Crippen molar-refractivity contribution in [2.75, 3.05) is 5.32 Å². The summed E-state index contributed by atoms with van der Waals surface area (Å²) >= 11 is 0. The molecule has 2 heterocycles. The van der Waals surface area contributed by atoms with Crippen LogP contribution in [-0.2, 0) is 17.4 Å². The molecule has 1 aromatic carbocycles. The van der Waals surface area contributed by atoms with Crippen molar-refractivity contribution in [3.8, 4) is 11.3 Å². The molecular formula is C29H36N6O3. The van der Waals surface area contributed by atoms with E-state index < -0.39 is 11.6 Å². The van der Waals surface area contributed by atoms with Gasteiger partial charge in [-0.05, 0) is 88.3 Å². The number of benzene rings is 1. The molecule has 3 N–H and O–H groups in total. The minimum absolute atomic E-state index is 0.0415. The van der Waals surface area contributed by atoms with Crippen molar-refractivity contribution in [3.63, 3.8) is 0 Å². The van der Waals surface area contributed by atoms with Crippen LogP contribution in [0.5, 0.6) is 0 Å². The van der Waals surface area contributed by atoms with Crippen molar-refractivity contribution in [2.24, 2.45) is 24.8 Å². The predicted molar refractivity (Wildman–Crippen MR) is 143 cm³/mol. The smallest absolute Gasteiger partial charge is 0.270 e. The standard InChI is InChI=1S/C29H36N6O3/c1-17(2)35-23(12-15-30-35)27(36)33-25(24(18-4-5-18)19-6-7-19)28(37)32-21-10-8-20(9-11-21)26-22(16-31-34(26)3)29(38)13-14-29/h8-12,15-19,24-25,38H,4-7,13-14H2,1-3H3,(H,32,37)(H,33,36). The molecule has 3 aromatic rings. The van der Waals surface area contributed by atoms with Gasteiger partial charge in [-0.1, -0.05) is 12.1 Å². The zero-order valence-corrected chi connectivity index (χ0v) is 22.2. The van der Waals surface area contributed by atoms with Crippen LogP contribution in [0.4, 0.5) is 5.69 Å². The minimum Gasteiger partial charge on any atom is -0.385 e. The van der Waals surface area contributed by atoms with E-state index in [1.54, 1.807) is 27.8 Å². The molecule has 2 amide bonds. The van der Waals surface area contributed by atoms with Crippen LogP contribution in [0, 0.1) is 17.8 Å². The molecule has 38 heavy (non-hydrogen) atoms. The van der Waals surface area contributed by atoms with Gasteiger partial charge in [-0.25, -0.2) is 0 Å². The van der Waals surface area contributed by atoms with Crippen LogP contribution >= 0.6 is 0 Å². The number of anilines is 1. The summed E-state index contributed by atoms with van der Waals surface area (Å²) in [4.78, 5) is 27.0. The van der Waals surface area contributed by atoms with E-state index in [1.807, 2.05) is 45.2 Å². The first kappa shape index (κ1) is 24.9. The summed E-state index contributed by atoms with van der Waals surface area (Å²) in [6.45, 7) is 3.96. The summed E-state index contributed by atoms with van der Waals surface area (Å²) < 4.78 is 3.47. The van der Waals surface area contributed by atoms with Crippen LogP contribution in [0.1, 0.15) is 74.5 Å². The molecule has 0 saturated heterocycles. The summed E-state index contributed by atoms with van der Waals surface area (Å²) in [6.07, 6.45) is 9.30. The first-order valence-electron chi connectivity index (χ1n) is 13.8. The predicted octanol–water partition coefficient (Wildman–Crippen LogP) is 4.02. The Morgan fingerprint density at radius 1 is 1.03 bits per heavy atom. The van der Waals surface area contributed by atoms with Gasteiger partial charge in [-0.3, -0.25) is 19.0 Å². The Kier molecular flexibility index (Phi) is 6.13. The third kappa shape index (κ3) is 4.75. The quantitative estimate of drug-likeness (QED) is 0.377. The van der Waals surface area contributed by atoms with Gasteiger partial charge in [0.15, 0.2) is 0 Å². The first-order valence-corrected chi connectivity index (χ1v) is 13.8. The number of nitrogens with one attached hydrogen (secondary N) is 2. The monoisotopic (exact) mass is 516 g/mol. The summed E-state index contributed by atoms with van der Waals surface area (Å²) in [5, 5.41) is 25.5. The number of carbonyl (C=O) groups excluding carboxylic acids is 2. The Bertz CT molecular complexity index is 1330. The zero-order valence-electron chi connectivity index (χ0n) is 22.2. The maximum atomic E-state index is 13.7. The normalized spacial score (nSPS) is 19.0. The van der Waals surface area contributed by atoms with E-state index in [0.717, 1.165) is 55.3 Å². The van der Waals surface area contributed by atoms with Crippen molar-refractivity contribution in [1.29, 1.82) is 0 Å². The molecule has 3 saturated carbocycles. The maximum Gasteiger partial charge on any atom is 0.270 e. The van der Waals surface area contributed by atoms with Crippen LogP contribution in [0.2, 0.25) is 0 Å². The lowest BCUT2D eigenvalue weighted by Crippen LogP contribution is -2.50. The van der Waals surface area contributed by atoms with Gasteiger partial charge in [0.2, 0.25) is 5.91 Å².